The summed E-state index contributed by atoms with van der Waals surface area (Å²) in [5, 5.41) is 0. The molecule has 0 spiro atoms. The first kappa shape index (κ1) is 36.1. The van der Waals surface area contributed by atoms with Gasteiger partial charge in [-0.2, -0.15) is 0 Å². The highest BCUT2D eigenvalue weighted by atomic mass is 79.9. The van der Waals surface area contributed by atoms with Crippen LogP contribution in [-0.4, -0.2) is 0 Å². The molecule has 1 unspecified atom stereocenters. The van der Waals surface area contributed by atoms with E-state index in [0.717, 1.165) is 36.3 Å². The molecule has 7 aromatic carbocycles. The molecule has 1 atom stereocenters. The van der Waals surface area contributed by atoms with Crippen molar-refractivity contribution in [2.75, 3.05) is 4.90 Å². The fraction of sp³-hybridized carbons (Fsp3) is 0.107. The van der Waals surface area contributed by atoms with E-state index in [1.807, 2.05) is 0 Å². The fourth-order valence-electron chi connectivity index (χ4n) is 9.36. The van der Waals surface area contributed by atoms with Gasteiger partial charge in [-0.25, -0.2) is 0 Å². The second-order valence-corrected chi connectivity index (χ2v) is 16.6. The highest BCUT2D eigenvalue weighted by Crippen LogP contribution is 2.60. The minimum absolute atomic E-state index is 0.356. The first-order valence-corrected chi connectivity index (χ1v) is 21.3. The van der Waals surface area contributed by atoms with Crippen LogP contribution in [0.25, 0.3) is 39.0 Å². The predicted molar refractivity (Wildman–Crippen MR) is 249 cm³/mol. The zero-order valence-corrected chi connectivity index (χ0v) is 34.2. The number of anilines is 3. The van der Waals surface area contributed by atoms with Crippen molar-refractivity contribution < 1.29 is 0 Å². The number of fused-ring (bicyclic) bond motifs is 3. The van der Waals surface area contributed by atoms with E-state index in [2.05, 4.69) is 234 Å². The summed E-state index contributed by atoms with van der Waals surface area (Å²) in [5.74, 6) is 0.356. The number of hydrogen-bond donors (Lipinski definition) is 0. The number of halogens is 1. The molecule has 0 N–H and O–H groups in total. The lowest BCUT2D eigenvalue weighted by Crippen LogP contribution is -2.31. The average molecular weight is 811 g/mol. The lowest BCUT2D eigenvalue weighted by molar-refractivity contribution is 0.675. The molecule has 7 aromatic rings. The maximum Gasteiger partial charge on any atom is 0.0721 e. The maximum atomic E-state index is 4.24. The summed E-state index contributed by atoms with van der Waals surface area (Å²) >= 11 is 4.24. The van der Waals surface area contributed by atoms with Crippen LogP contribution in [0.1, 0.15) is 48.4 Å². The zero-order valence-electron chi connectivity index (χ0n) is 32.7. The molecule has 0 radical (unpaired) electrons. The van der Waals surface area contributed by atoms with Crippen molar-refractivity contribution in [1.29, 1.82) is 0 Å². The Labute approximate surface area is 351 Å². The second kappa shape index (κ2) is 15.3. The van der Waals surface area contributed by atoms with Crippen molar-refractivity contribution in [2.45, 2.75) is 31.6 Å². The molecule has 1 nitrogen and oxygen atoms in total. The van der Waals surface area contributed by atoms with Crippen LogP contribution in [0.15, 0.2) is 216 Å². The van der Waals surface area contributed by atoms with Gasteiger partial charge in [0.1, 0.15) is 0 Å². The summed E-state index contributed by atoms with van der Waals surface area (Å²) in [6.45, 7) is 2.34. The molecule has 3 aliphatic carbocycles. The summed E-state index contributed by atoms with van der Waals surface area (Å²) in [5.41, 5.74) is 18.0. The van der Waals surface area contributed by atoms with Gasteiger partial charge < -0.3 is 4.90 Å². The summed E-state index contributed by atoms with van der Waals surface area (Å²) < 4.78 is 1.27. The van der Waals surface area contributed by atoms with Crippen molar-refractivity contribution in [3.63, 3.8) is 0 Å². The van der Waals surface area contributed by atoms with E-state index in [1.165, 1.54) is 71.3 Å². The number of benzene rings is 7. The smallest absolute Gasteiger partial charge is 0.0721 e. The van der Waals surface area contributed by atoms with Gasteiger partial charge in [0.2, 0.25) is 0 Å². The SMILES string of the molecule is CC1CC=CC(C2(c3ccc(N(c4ccccc4)c4ccc(C5=CCCC=C5)cc4)cc3)c3cc(-c4ccccc4)ccc3-c3ccc(-c4ccccc4)cc32)=C1Br. The van der Waals surface area contributed by atoms with Gasteiger partial charge >= 0.3 is 0 Å². The monoisotopic (exact) mass is 809 g/mol. The molecule has 0 heterocycles. The van der Waals surface area contributed by atoms with Crippen molar-refractivity contribution in [2.24, 2.45) is 5.92 Å². The van der Waals surface area contributed by atoms with Gasteiger partial charge in [-0.3, -0.25) is 0 Å². The minimum Gasteiger partial charge on any atom is -0.311 e. The number of rotatable bonds is 8. The van der Waals surface area contributed by atoms with E-state index in [4.69, 9.17) is 0 Å². The van der Waals surface area contributed by atoms with Gasteiger partial charge in [-0.05, 0) is 140 Å². The van der Waals surface area contributed by atoms with Gasteiger partial charge in [0.15, 0.2) is 0 Å². The summed E-state index contributed by atoms with van der Waals surface area (Å²) in [6, 6.07) is 65.1. The molecule has 3 aliphatic rings. The van der Waals surface area contributed by atoms with Gasteiger partial charge in [-0.15, -0.1) is 0 Å². The third-order valence-corrected chi connectivity index (χ3v) is 13.5. The van der Waals surface area contributed by atoms with Crippen LogP contribution in [0, 0.1) is 5.92 Å². The van der Waals surface area contributed by atoms with Gasteiger partial charge in [0.05, 0.1) is 5.41 Å². The van der Waals surface area contributed by atoms with E-state index in [0.29, 0.717) is 5.92 Å². The standard InChI is InChI=1S/C56H44BrN/c1-39-15-14-24-52(55(39)57)56(46-29-33-49(34-30-46)58(47-22-12-5-13-23-47)48-31-25-43(26-32-48)40-16-6-2-7-17-40)53-37-44(41-18-8-3-9-19-41)27-35-50(53)51-36-28-45(38-54(51)56)42-20-10-4-11-21-42/h3-6,8-14,16-39H,2,7,15H2,1H3. The normalized spacial score (nSPS) is 16.4. The van der Waals surface area contributed by atoms with Crippen molar-refractivity contribution in [1.82, 2.24) is 0 Å². The largest absolute Gasteiger partial charge is 0.311 e. The first-order valence-electron chi connectivity index (χ1n) is 20.5. The predicted octanol–water partition coefficient (Wildman–Crippen LogP) is 15.8. The molecular formula is C56H44BrN. The van der Waals surface area contributed by atoms with Crippen molar-refractivity contribution in [3.8, 4) is 33.4 Å². The lowest BCUT2D eigenvalue weighted by atomic mass is 9.65. The number of allylic oxidation sites excluding steroid dienone is 8. The molecule has 58 heavy (non-hydrogen) atoms. The Bertz CT molecular complexity index is 2650. The molecule has 0 aliphatic heterocycles. The Hall–Kier alpha value is -6.22. The molecule has 0 saturated carbocycles. The lowest BCUT2D eigenvalue weighted by Gasteiger charge is -2.38. The Kier molecular flexibility index (Phi) is 9.52. The van der Waals surface area contributed by atoms with Crippen LogP contribution in [0.5, 0.6) is 0 Å². The summed E-state index contributed by atoms with van der Waals surface area (Å²) in [6.07, 6.45) is 14.9. The van der Waals surface area contributed by atoms with Gasteiger partial charge in [-0.1, -0.05) is 181 Å². The molecule has 10 rings (SSSR count). The van der Waals surface area contributed by atoms with Crippen molar-refractivity contribution in [3.05, 3.63) is 239 Å². The highest BCUT2D eigenvalue weighted by molar-refractivity contribution is 9.11. The summed E-state index contributed by atoms with van der Waals surface area (Å²) in [4.78, 5) is 2.38. The van der Waals surface area contributed by atoms with E-state index >= 15 is 0 Å². The molecule has 0 aromatic heterocycles. The van der Waals surface area contributed by atoms with Crippen LogP contribution in [0.2, 0.25) is 0 Å². The van der Waals surface area contributed by atoms with E-state index in [-0.39, 0.29) is 0 Å². The molecule has 0 fully saturated rings. The van der Waals surface area contributed by atoms with Crippen LogP contribution in [0.4, 0.5) is 17.1 Å². The Balaban J connectivity index is 1.19. The molecule has 0 bridgehead atoms. The molecule has 0 amide bonds. The third kappa shape index (κ3) is 6.24. The molecule has 280 valence electrons. The number of para-hydroxylation sites is 1. The van der Waals surface area contributed by atoms with Gasteiger partial charge in [0, 0.05) is 21.5 Å². The second-order valence-electron chi connectivity index (χ2n) is 15.7. The molecule has 0 saturated heterocycles. The Morgan fingerprint density at radius 1 is 0.500 bits per heavy atom. The maximum absolute atomic E-state index is 4.24. The average Bonchev–Trinajstić information content (AvgIpc) is 3.58. The van der Waals surface area contributed by atoms with Crippen LogP contribution in [0.3, 0.4) is 0 Å². The minimum atomic E-state index is -0.580. The van der Waals surface area contributed by atoms with E-state index < -0.39 is 5.41 Å². The topological polar surface area (TPSA) is 3.24 Å². The van der Waals surface area contributed by atoms with E-state index in [9.17, 15) is 0 Å². The third-order valence-electron chi connectivity index (χ3n) is 12.2. The van der Waals surface area contributed by atoms with Crippen LogP contribution >= 0.6 is 15.9 Å². The molecular weight excluding hydrogens is 767 g/mol. The molecule has 2 heteroatoms. The Morgan fingerprint density at radius 3 is 1.57 bits per heavy atom. The van der Waals surface area contributed by atoms with E-state index in [1.54, 1.807) is 0 Å². The Morgan fingerprint density at radius 2 is 1.02 bits per heavy atom. The quantitative estimate of drug-likeness (QED) is 0.148. The van der Waals surface area contributed by atoms with Crippen LogP contribution < -0.4 is 4.90 Å². The fourth-order valence-corrected chi connectivity index (χ4v) is 9.98. The number of nitrogens with zero attached hydrogens (tertiary/aromatic N) is 1. The zero-order chi connectivity index (χ0) is 39.1. The van der Waals surface area contributed by atoms with Crippen molar-refractivity contribution >= 4 is 38.6 Å². The van der Waals surface area contributed by atoms with Crippen LogP contribution in [-0.2, 0) is 5.41 Å². The summed E-state index contributed by atoms with van der Waals surface area (Å²) in [7, 11) is 0. The highest BCUT2D eigenvalue weighted by Gasteiger charge is 2.49. The number of hydrogen-bond acceptors (Lipinski definition) is 1. The first-order chi connectivity index (χ1) is 28.6. The van der Waals surface area contributed by atoms with Gasteiger partial charge in [0.25, 0.3) is 0 Å².